The van der Waals surface area contributed by atoms with Gasteiger partial charge in [0.15, 0.2) is 0 Å². The Morgan fingerprint density at radius 1 is 1.00 bits per heavy atom. The largest absolute Gasteiger partial charge is 0.540 e. The van der Waals surface area contributed by atoms with Gasteiger partial charge < -0.3 is 4.74 Å². The van der Waals surface area contributed by atoms with Gasteiger partial charge in [0.2, 0.25) is 0 Å². The Hall–Kier alpha value is -2.09. The maximum atomic E-state index is 12.5. The fourth-order valence-electron chi connectivity index (χ4n) is 1.96. The van der Waals surface area contributed by atoms with Crippen LogP contribution >= 0.6 is 0 Å². The molecule has 0 unspecified atom stereocenters. The summed E-state index contributed by atoms with van der Waals surface area (Å²) in [6.45, 7) is 0.116. The Morgan fingerprint density at radius 2 is 1.70 bits per heavy atom. The second-order valence-electron chi connectivity index (χ2n) is 4.75. The number of hydrogen-bond donors (Lipinski definition) is 1. The molecule has 0 aliphatic carbocycles. The minimum absolute atomic E-state index is 0.0513. The topological polar surface area (TPSA) is 33.7 Å². The molecule has 0 saturated carbocycles. The number of halogens is 3. The molecule has 0 atom stereocenters. The van der Waals surface area contributed by atoms with Crippen molar-refractivity contribution in [2.45, 2.75) is 19.5 Å². The van der Waals surface area contributed by atoms with Crippen LogP contribution in [0.15, 0.2) is 54.6 Å². The Balaban J connectivity index is 2.01. The van der Waals surface area contributed by atoms with Gasteiger partial charge in [0.05, 0.1) is 13.7 Å². The molecule has 2 aromatic rings. The Bertz CT molecular complexity index is 606. The van der Waals surface area contributed by atoms with Crippen molar-refractivity contribution >= 4 is 0 Å². The summed E-state index contributed by atoms with van der Waals surface area (Å²) in [5.74, 6) is 0.635. The van der Waals surface area contributed by atoms with Gasteiger partial charge in [-0.25, -0.2) is 5.43 Å². The van der Waals surface area contributed by atoms with Crippen molar-refractivity contribution < 1.29 is 22.7 Å². The zero-order valence-electron chi connectivity index (χ0n) is 12.5. The van der Waals surface area contributed by atoms with Crippen molar-refractivity contribution in [1.29, 1.82) is 0 Å². The summed E-state index contributed by atoms with van der Waals surface area (Å²) in [6.07, 6.45) is -4.77. The first kappa shape index (κ1) is 17.3. The fraction of sp³-hybridized carbons (Fsp3) is 0.250. The number of hydroxylamine groups is 1. The predicted octanol–water partition coefficient (Wildman–Crippen LogP) is 3.65. The Labute approximate surface area is 132 Å². The summed E-state index contributed by atoms with van der Waals surface area (Å²) in [6, 6.07) is 15.8. The second-order valence-corrected chi connectivity index (χ2v) is 4.75. The standard InChI is InChI=1S/C16H17F3N2O2/c1-22-15-9-5-8-14(10-15)11-20-21(23-16(17,18)19)12-13-6-3-2-4-7-13/h2-10,20H,11-12H2,1H3. The number of nitrogens with one attached hydrogen (secondary N) is 1. The van der Waals surface area contributed by atoms with E-state index >= 15 is 0 Å². The molecular formula is C16H17F3N2O2. The van der Waals surface area contributed by atoms with Crippen LogP contribution in [0.3, 0.4) is 0 Å². The third-order valence-electron chi connectivity index (χ3n) is 2.98. The van der Waals surface area contributed by atoms with E-state index in [1.807, 2.05) is 0 Å². The van der Waals surface area contributed by atoms with Gasteiger partial charge in [0.1, 0.15) is 5.75 Å². The summed E-state index contributed by atoms with van der Waals surface area (Å²) in [5.41, 5.74) is 4.09. The molecule has 7 heteroatoms. The molecule has 2 aromatic carbocycles. The summed E-state index contributed by atoms with van der Waals surface area (Å²) in [7, 11) is 1.53. The van der Waals surface area contributed by atoms with E-state index in [1.54, 1.807) is 54.6 Å². The molecule has 0 bridgehead atoms. The maximum absolute atomic E-state index is 12.5. The average molecular weight is 326 g/mol. The van der Waals surface area contributed by atoms with Crippen LogP contribution in [0.5, 0.6) is 5.75 Å². The molecule has 124 valence electrons. The molecule has 0 aromatic heterocycles. The molecule has 1 N–H and O–H groups in total. The number of methoxy groups -OCH3 is 1. The number of benzene rings is 2. The van der Waals surface area contributed by atoms with E-state index in [0.29, 0.717) is 16.5 Å². The summed E-state index contributed by atoms with van der Waals surface area (Å²) in [5, 5.41) is 0.675. The summed E-state index contributed by atoms with van der Waals surface area (Å²) >= 11 is 0. The van der Waals surface area contributed by atoms with E-state index in [1.165, 1.54) is 7.11 Å². The van der Waals surface area contributed by atoms with Crippen molar-refractivity contribution in [1.82, 2.24) is 10.6 Å². The third kappa shape index (κ3) is 6.27. The zero-order chi connectivity index (χ0) is 16.7. The van der Waals surface area contributed by atoms with Crippen LogP contribution in [0, 0.1) is 0 Å². The number of nitrogens with zero attached hydrogens (tertiary/aromatic N) is 1. The van der Waals surface area contributed by atoms with Gasteiger partial charge in [0, 0.05) is 6.54 Å². The van der Waals surface area contributed by atoms with E-state index in [4.69, 9.17) is 4.74 Å². The highest BCUT2D eigenvalue weighted by Crippen LogP contribution is 2.19. The van der Waals surface area contributed by atoms with E-state index in [-0.39, 0.29) is 13.1 Å². The van der Waals surface area contributed by atoms with Crippen LogP contribution < -0.4 is 10.2 Å². The van der Waals surface area contributed by atoms with Crippen molar-refractivity contribution in [3.8, 4) is 5.75 Å². The van der Waals surface area contributed by atoms with Gasteiger partial charge in [0.25, 0.3) is 0 Å². The number of rotatable bonds is 7. The maximum Gasteiger partial charge on any atom is 0.540 e. The molecule has 0 amide bonds. The SMILES string of the molecule is COc1cccc(CNN(Cc2ccccc2)OC(F)(F)F)c1. The monoisotopic (exact) mass is 326 g/mol. The number of hydrogen-bond acceptors (Lipinski definition) is 4. The molecule has 0 fully saturated rings. The number of alkyl halides is 3. The molecule has 0 saturated heterocycles. The van der Waals surface area contributed by atoms with Gasteiger partial charge in [-0.05, 0) is 23.3 Å². The summed E-state index contributed by atoms with van der Waals surface area (Å²) in [4.78, 5) is 4.01. The highest BCUT2D eigenvalue weighted by molar-refractivity contribution is 5.28. The van der Waals surface area contributed by atoms with Gasteiger partial charge in [-0.15, -0.1) is 18.3 Å². The van der Waals surface area contributed by atoms with E-state index < -0.39 is 6.36 Å². The van der Waals surface area contributed by atoms with Crippen LogP contribution in [0.25, 0.3) is 0 Å². The van der Waals surface area contributed by atoms with E-state index in [9.17, 15) is 13.2 Å². The van der Waals surface area contributed by atoms with E-state index in [0.717, 1.165) is 5.56 Å². The molecule has 2 rings (SSSR count). The lowest BCUT2D eigenvalue weighted by molar-refractivity contribution is -0.430. The molecule has 0 spiro atoms. The first-order chi connectivity index (χ1) is 11.0. The van der Waals surface area contributed by atoms with Crippen molar-refractivity contribution in [2.24, 2.45) is 0 Å². The second kappa shape index (κ2) is 7.96. The van der Waals surface area contributed by atoms with E-state index in [2.05, 4.69) is 10.3 Å². The van der Waals surface area contributed by atoms with Crippen molar-refractivity contribution in [3.05, 3.63) is 65.7 Å². The van der Waals surface area contributed by atoms with Gasteiger partial charge in [-0.3, -0.25) is 0 Å². The van der Waals surface area contributed by atoms with Gasteiger partial charge in [-0.1, -0.05) is 42.5 Å². The van der Waals surface area contributed by atoms with Crippen LogP contribution in [0.1, 0.15) is 11.1 Å². The van der Waals surface area contributed by atoms with Crippen molar-refractivity contribution in [2.75, 3.05) is 7.11 Å². The van der Waals surface area contributed by atoms with Crippen LogP contribution in [-0.2, 0) is 17.9 Å². The molecule has 0 radical (unpaired) electrons. The first-order valence-corrected chi connectivity index (χ1v) is 6.90. The molecule has 23 heavy (non-hydrogen) atoms. The number of ether oxygens (including phenoxy) is 1. The highest BCUT2D eigenvalue weighted by Gasteiger charge is 2.33. The van der Waals surface area contributed by atoms with Crippen molar-refractivity contribution in [3.63, 3.8) is 0 Å². The summed E-state index contributed by atoms with van der Waals surface area (Å²) < 4.78 is 42.7. The lowest BCUT2D eigenvalue weighted by Gasteiger charge is -2.23. The normalized spacial score (nSPS) is 11.7. The molecule has 0 aliphatic heterocycles. The smallest absolute Gasteiger partial charge is 0.497 e. The molecular weight excluding hydrogens is 309 g/mol. The number of hydrazine groups is 1. The third-order valence-corrected chi connectivity index (χ3v) is 2.98. The average Bonchev–Trinajstić information content (AvgIpc) is 2.52. The lowest BCUT2D eigenvalue weighted by Crippen LogP contribution is -2.41. The quantitative estimate of drug-likeness (QED) is 0.788. The molecule has 0 heterocycles. The minimum Gasteiger partial charge on any atom is -0.497 e. The first-order valence-electron chi connectivity index (χ1n) is 6.90. The van der Waals surface area contributed by atoms with Crippen LogP contribution in [0.4, 0.5) is 13.2 Å². The molecule has 4 nitrogen and oxygen atoms in total. The lowest BCUT2D eigenvalue weighted by atomic mass is 10.2. The van der Waals surface area contributed by atoms with Gasteiger partial charge >= 0.3 is 6.36 Å². The Kier molecular flexibility index (Phi) is 5.97. The highest BCUT2D eigenvalue weighted by atomic mass is 19.4. The predicted molar refractivity (Wildman–Crippen MR) is 79.0 cm³/mol. The fourth-order valence-corrected chi connectivity index (χ4v) is 1.96. The van der Waals surface area contributed by atoms with Gasteiger partial charge in [-0.2, -0.15) is 4.84 Å². The van der Waals surface area contributed by atoms with Crippen LogP contribution in [0.2, 0.25) is 0 Å². The van der Waals surface area contributed by atoms with Crippen LogP contribution in [-0.4, -0.2) is 18.6 Å². The minimum atomic E-state index is -4.77. The zero-order valence-corrected chi connectivity index (χ0v) is 12.5. The Morgan fingerprint density at radius 3 is 2.35 bits per heavy atom. The molecule has 0 aliphatic rings.